The lowest BCUT2D eigenvalue weighted by Gasteiger charge is -2.38. The number of aliphatic imine (C=N–C) groups is 1. The third-order valence-corrected chi connectivity index (χ3v) is 5.15. The topological polar surface area (TPSA) is 51.2 Å². The molecule has 3 rings (SSSR count). The number of carbonyl (C=O) groups is 1. The molecule has 0 atom stereocenters. The molecule has 2 heterocycles. The molecule has 1 aromatic rings. The molecule has 0 aliphatic carbocycles. The molecular formula is C19H27F2N5O. The third kappa shape index (κ3) is 4.87. The van der Waals surface area contributed by atoms with E-state index in [9.17, 15) is 13.6 Å². The molecule has 1 amide bonds. The Labute approximate surface area is 158 Å². The summed E-state index contributed by atoms with van der Waals surface area (Å²) in [5, 5.41) is 3.14. The maximum Gasteiger partial charge on any atom is 0.241 e. The number of rotatable bonds is 3. The normalized spacial score (nSPS) is 18.6. The zero-order valence-corrected chi connectivity index (χ0v) is 15.8. The molecule has 0 saturated carbocycles. The van der Waals surface area contributed by atoms with Crippen LogP contribution < -0.4 is 10.2 Å². The number of hydrogen-bond acceptors (Lipinski definition) is 3. The summed E-state index contributed by atoms with van der Waals surface area (Å²) < 4.78 is 27.4. The zero-order valence-electron chi connectivity index (χ0n) is 15.8. The number of guanidine groups is 1. The molecule has 1 N–H and O–H groups in total. The van der Waals surface area contributed by atoms with Crippen LogP contribution in [-0.2, 0) is 4.79 Å². The molecule has 6 nitrogen and oxygen atoms in total. The van der Waals surface area contributed by atoms with Crippen molar-refractivity contribution in [1.29, 1.82) is 0 Å². The van der Waals surface area contributed by atoms with Crippen LogP contribution in [0.4, 0.5) is 14.5 Å². The van der Waals surface area contributed by atoms with Crippen molar-refractivity contribution in [3.8, 4) is 0 Å². The predicted octanol–water partition coefficient (Wildman–Crippen LogP) is 1.67. The highest BCUT2D eigenvalue weighted by Crippen LogP contribution is 2.21. The van der Waals surface area contributed by atoms with Crippen LogP contribution in [0.15, 0.2) is 23.2 Å². The van der Waals surface area contributed by atoms with Gasteiger partial charge in [-0.25, -0.2) is 8.78 Å². The van der Waals surface area contributed by atoms with Crippen LogP contribution in [-0.4, -0.2) is 74.5 Å². The van der Waals surface area contributed by atoms with Crippen molar-refractivity contribution in [3.05, 3.63) is 29.8 Å². The van der Waals surface area contributed by atoms with Gasteiger partial charge in [0, 0.05) is 52.4 Å². The molecular weight excluding hydrogens is 352 g/mol. The molecule has 2 aliphatic rings. The molecule has 2 fully saturated rings. The lowest BCUT2D eigenvalue weighted by Crippen LogP contribution is -2.54. The van der Waals surface area contributed by atoms with Gasteiger partial charge in [0.05, 0.1) is 12.2 Å². The molecule has 148 valence electrons. The number of likely N-dealkylation sites (tertiary alicyclic amines) is 1. The fourth-order valence-corrected chi connectivity index (χ4v) is 3.63. The van der Waals surface area contributed by atoms with Crippen LogP contribution in [0.5, 0.6) is 0 Å². The van der Waals surface area contributed by atoms with Crippen LogP contribution in [0.2, 0.25) is 0 Å². The molecule has 0 radical (unpaired) electrons. The summed E-state index contributed by atoms with van der Waals surface area (Å²) in [5.74, 6) is -0.0990. The zero-order chi connectivity index (χ0) is 19.2. The quantitative estimate of drug-likeness (QED) is 0.641. The van der Waals surface area contributed by atoms with Gasteiger partial charge in [0.2, 0.25) is 5.91 Å². The lowest BCUT2D eigenvalue weighted by atomic mass is 10.1. The van der Waals surface area contributed by atoms with Gasteiger partial charge in [-0.05, 0) is 31.4 Å². The van der Waals surface area contributed by atoms with E-state index in [1.54, 1.807) is 7.05 Å². The lowest BCUT2D eigenvalue weighted by molar-refractivity contribution is -0.130. The van der Waals surface area contributed by atoms with Gasteiger partial charge in [-0.2, -0.15) is 0 Å². The Hall–Kier alpha value is -2.38. The Balaban J connectivity index is 1.51. The van der Waals surface area contributed by atoms with Gasteiger partial charge >= 0.3 is 0 Å². The molecule has 0 spiro atoms. The Morgan fingerprint density at radius 2 is 1.74 bits per heavy atom. The Bertz CT molecular complexity index is 683. The van der Waals surface area contributed by atoms with Gasteiger partial charge in [0.15, 0.2) is 5.96 Å². The minimum Gasteiger partial charge on any atom is -0.366 e. The molecule has 0 bridgehead atoms. The van der Waals surface area contributed by atoms with E-state index in [1.165, 1.54) is 12.5 Å². The van der Waals surface area contributed by atoms with Crippen molar-refractivity contribution in [2.24, 2.45) is 4.99 Å². The van der Waals surface area contributed by atoms with Crippen molar-refractivity contribution in [2.75, 3.05) is 57.8 Å². The van der Waals surface area contributed by atoms with E-state index in [-0.39, 0.29) is 18.1 Å². The number of anilines is 1. The number of halogens is 2. The first-order valence-corrected chi connectivity index (χ1v) is 9.52. The monoisotopic (exact) mass is 379 g/mol. The summed E-state index contributed by atoms with van der Waals surface area (Å²) in [6, 6.07) is 3.51. The maximum atomic E-state index is 14.0. The highest BCUT2D eigenvalue weighted by atomic mass is 19.1. The largest absolute Gasteiger partial charge is 0.366 e. The summed E-state index contributed by atoms with van der Waals surface area (Å²) in [6.07, 6.45) is 3.33. The second kappa shape index (κ2) is 9.01. The number of nitrogens with one attached hydrogen (secondary N) is 1. The van der Waals surface area contributed by atoms with E-state index in [4.69, 9.17) is 0 Å². The molecule has 2 saturated heterocycles. The van der Waals surface area contributed by atoms with Crippen LogP contribution in [0.3, 0.4) is 0 Å². The van der Waals surface area contributed by atoms with Crippen molar-refractivity contribution >= 4 is 17.6 Å². The summed E-state index contributed by atoms with van der Waals surface area (Å²) in [7, 11) is 1.69. The van der Waals surface area contributed by atoms with Crippen LogP contribution in [0.25, 0.3) is 0 Å². The smallest absolute Gasteiger partial charge is 0.241 e. The number of piperidine rings is 1. The van der Waals surface area contributed by atoms with Gasteiger partial charge in [0.25, 0.3) is 0 Å². The van der Waals surface area contributed by atoms with Gasteiger partial charge in [-0.1, -0.05) is 0 Å². The van der Waals surface area contributed by atoms with E-state index >= 15 is 0 Å². The fourth-order valence-electron chi connectivity index (χ4n) is 3.63. The number of amides is 1. The molecule has 1 aromatic carbocycles. The van der Waals surface area contributed by atoms with Gasteiger partial charge < -0.3 is 20.0 Å². The Kier molecular flexibility index (Phi) is 6.47. The van der Waals surface area contributed by atoms with E-state index in [0.717, 1.165) is 38.1 Å². The maximum absolute atomic E-state index is 14.0. The van der Waals surface area contributed by atoms with Crippen molar-refractivity contribution in [2.45, 2.75) is 19.3 Å². The minimum absolute atomic E-state index is 0.0938. The van der Waals surface area contributed by atoms with Crippen molar-refractivity contribution in [1.82, 2.24) is 15.1 Å². The first-order chi connectivity index (χ1) is 13.1. The van der Waals surface area contributed by atoms with E-state index < -0.39 is 11.6 Å². The molecule has 0 unspecified atom stereocenters. The standard InChI is InChI=1S/C19H27F2N5O/c1-22-19(23-14-18(27)25-7-3-2-4-8-25)26-11-9-24(10-12-26)17-13-15(20)5-6-16(17)21/h5-6,13H,2-4,7-12,14H2,1H3,(H,22,23). The number of nitrogens with zero attached hydrogens (tertiary/aromatic N) is 4. The fraction of sp³-hybridized carbons (Fsp3) is 0.579. The summed E-state index contributed by atoms with van der Waals surface area (Å²) in [5.41, 5.74) is 0.290. The minimum atomic E-state index is -0.442. The first-order valence-electron chi connectivity index (χ1n) is 9.52. The highest BCUT2D eigenvalue weighted by molar-refractivity contribution is 5.86. The van der Waals surface area contributed by atoms with Crippen LogP contribution in [0.1, 0.15) is 19.3 Å². The SMILES string of the molecule is CN=C(NCC(=O)N1CCCCC1)N1CCN(c2cc(F)ccc2F)CC1. The molecule has 0 aromatic heterocycles. The third-order valence-electron chi connectivity index (χ3n) is 5.15. The van der Waals surface area contributed by atoms with Gasteiger partial charge in [-0.15, -0.1) is 0 Å². The van der Waals surface area contributed by atoms with E-state index in [1.807, 2.05) is 14.7 Å². The molecule has 8 heteroatoms. The Morgan fingerprint density at radius 1 is 1.04 bits per heavy atom. The average Bonchev–Trinajstić information content (AvgIpc) is 2.71. The number of hydrogen-bond donors (Lipinski definition) is 1. The summed E-state index contributed by atoms with van der Waals surface area (Å²) in [6.45, 7) is 4.24. The summed E-state index contributed by atoms with van der Waals surface area (Å²) in [4.78, 5) is 22.3. The number of benzene rings is 1. The number of piperazine rings is 1. The second-order valence-electron chi connectivity index (χ2n) is 6.91. The predicted molar refractivity (Wildman–Crippen MR) is 102 cm³/mol. The molecule has 27 heavy (non-hydrogen) atoms. The first kappa shape index (κ1) is 19.4. The average molecular weight is 379 g/mol. The second-order valence-corrected chi connectivity index (χ2v) is 6.91. The van der Waals surface area contributed by atoms with Gasteiger partial charge in [-0.3, -0.25) is 9.79 Å². The van der Waals surface area contributed by atoms with Crippen LogP contribution in [0, 0.1) is 11.6 Å². The van der Waals surface area contributed by atoms with Gasteiger partial charge in [0.1, 0.15) is 11.6 Å². The van der Waals surface area contributed by atoms with E-state index in [0.29, 0.717) is 32.1 Å². The van der Waals surface area contributed by atoms with E-state index in [2.05, 4.69) is 10.3 Å². The van der Waals surface area contributed by atoms with Crippen molar-refractivity contribution < 1.29 is 13.6 Å². The van der Waals surface area contributed by atoms with Crippen LogP contribution >= 0.6 is 0 Å². The highest BCUT2D eigenvalue weighted by Gasteiger charge is 2.23. The Morgan fingerprint density at radius 3 is 2.41 bits per heavy atom. The van der Waals surface area contributed by atoms with Crippen molar-refractivity contribution in [3.63, 3.8) is 0 Å². The molecule has 2 aliphatic heterocycles. The summed E-state index contributed by atoms with van der Waals surface area (Å²) >= 11 is 0. The number of carbonyl (C=O) groups excluding carboxylic acids is 1.